The molecule has 6 nitrogen and oxygen atoms in total. The number of hydrogen-bond acceptors (Lipinski definition) is 5. The molecule has 2 N–H and O–H groups in total. The molecular formula is C19H17F3N4O2S. The van der Waals surface area contributed by atoms with Crippen molar-refractivity contribution >= 4 is 29.4 Å². The number of carbonyl (C=O) groups is 2. The Hall–Kier alpha value is -3.06. The van der Waals surface area contributed by atoms with Crippen molar-refractivity contribution in [2.24, 2.45) is 0 Å². The second kappa shape index (κ2) is 8.96. The number of imide groups is 1. The number of carbonyl (C=O) groups excluding carboxylic acids is 2. The summed E-state index contributed by atoms with van der Waals surface area (Å²) in [6, 6.07) is 6.73. The lowest BCUT2D eigenvalue weighted by Gasteiger charge is -2.12. The van der Waals surface area contributed by atoms with Crippen molar-refractivity contribution in [3.8, 4) is 6.07 Å². The van der Waals surface area contributed by atoms with Crippen LogP contribution in [-0.4, -0.2) is 22.7 Å². The minimum absolute atomic E-state index is 0.0618. The van der Waals surface area contributed by atoms with Crippen LogP contribution in [0, 0.1) is 32.1 Å². The minimum Gasteiger partial charge on any atom is -0.308 e. The molecule has 1 aromatic heterocycles. The van der Waals surface area contributed by atoms with E-state index < -0.39 is 29.2 Å². The molecule has 0 bridgehead atoms. The smallest absolute Gasteiger partial charge is 0.308 e. The number of nitrogens with one attached hydrogen (secondary N) is 2. The van der Waals surface area contributed by atoms with Gasteiger partial charge in [-0.3, -0.25) is 10.1 Å². The maximum atomic E-state index is 13.1. The van der Waals surface area contributed by atoms with Crippen LogP contribution in [0.2, 0.25) is 0 Å². The fraction of sp³-hybridized carbons (Fsp3) is 0.263. The minimum atomic E-state index is -4.72. The van der Waals surface area contributed by atoms with E-state index in [0.29, 0.717) is 17.4 Å². The Morgan fingerprint density at radius 3 is 2.45 bits per heavy atom. The number of urea groups is 1. The summed E-state index contributed by atoms with van der Waals surface area (Å²) in [4.78, 5) is 27.8. The van der Waals surface area contributed by atoms with Gasteiger partial charge in [0.25, 0.3) is 0 Å². The highest BCUT2D eigenvalue weighted by atomic mass is 32.2. The van der Waals surface area contributed by atoms with Crippen molar-refractivity contribution in [3.05, 3.63) is 52.2 Å². The lowest BCUT2D eigenvalue weighted by Crippen LogP contribution is -2.35. The number of alkyl halides is 3. The summed E-state index contributed by atoms with van der Waals surface area (Å²) in [6.45, 7) is 5.15. The van der Waals surface area contributed by atoms with Crippen molar-refractivity contribution in [3.63, 3.8) is 0 Å². The van der Waals surface area contributed by atoms with Crippen LogP contribution in [0.5, 0.6) is 0 Å². The monoisotopic (exact) mass is 422 g/mol. The molecule has 29 heavy (non-hydrogen) atoms. The molecule has 3 amide bonds. The van der Waals surface area contributed by atoms with E-state index in [1.54, 1.807) is 12.1 Å². The average molecular weight is 422 g/mol. The van der Waals surface area contributed by atoms with Gasteiger partial charge in [-0.1, -0.05) is 17.8 Å². The third-order valence-corrected chi connectivity index (χ3v) is 4.86. The van der Waals surface area contributed by atoms with E-state index >= 15 is 0 Å². The molecule has 0 atom stereocenters. The number of nitrogens with zero attached hydrogens (tertiary/aromatic N) is 2. The molecule has 0 aliphatic carbocycles. The van der Waals surface area contributed by atoms with E-state index in [1.165, 1.54) is 13.0 Å². The van der Waals surface area contributed by atoms with Crippen LogP contribution in [0.3, 0.4) is 0 Å². The first-order valence-corrected chi connectivity index (χ1v) is 9.29. The van der Waals surface area contributed by atoms with E-state index in [4.69, 9.17) is 5.26 Å². The Kier molecular flexibility index (Phi) is 6.87. The summed E-state index contributed by atoms with van der Waals surface area (Å²) in [5, 5.41) is 13.5. The number of halogens is 3. The number of amides is 3. The molecule has 2 aromatic rings. The molecule has 0 saturated carbocycles. The number of aryl methyl sites for hydroxylation is 3. The van der Waals surface area contributed by atoms with Gasteiger partial charge in [0.1, 0.15) is 11.1 Å². The SMILES string of the molecule is Cc1cc(C(F)(F)F)c(C#N)c(SCC(=O)NC(=O)Nc2ccc(C)c(C)c2)n1. The van der Waals surface area contributed by atoms with Crippen molar-refractivity contribution < 1.29 is 22.8 Å². The maximum absolute atomic E-state index is 13.1. The van der Waals surface area contributed by atoms with E-state index in [1.807, 2.05) is 19.9 Å². The summed E-state index contributed by atoms with van der Waals surface area (Å²) < 4.78 is 39.3. The van der Waals surface area contributed by atoms with Crippen molar-refractivity contribution in [1.82, 2.24) is 10.3 Å². The molecule has 0 fully saturated rings. The van der Waals surface area contributed by atoms with Gasteiger partial charge in [0.05, 0.1) is 16.9 Å². The van der Waals surface area contributed by atoms with Crippen LogP contribution in [-0.2, 0) is 11.0 Å². The van der Waals surface area contributed by atoms with Gasteiger partial charge < -0.3 is 5.32 Å². The van der Waals surface area contributed by atoms with Crippen LogP contribution in [0.25, 0.3) is 0 Å². The highest BCUT2D eigenvalue weighted by molar-refractivity contribution is 8.00. The topological polar surface area (TPSA) is 94.9 Å². The zero-order valence-electron chi connectivity index (χ0n) is 15.8. The normalized spacial score (nSPS) is 10.9. The second-order valence-corrected chi connectivity index (χ2v) is 7.15. The van der Waals surface area contributed by atoms with Crippen LogP contribution in [0.15, 0.2) is 29.3 Å². The predicted molar refractivity (Wildman–Crippen MR) is 102 cm³/mol. The maximum Gasteiger partial charge on any atom is 0.417 e. The van der Waals surface area contributed by atoms with E-state index in [2.05, 4.69) is 15.6 Å². The average Bonchev–Trinajstić information content (AvgIpc) is 2.61. The lowest BCUT2D eigenvalue weighted by atomic mass is 10.1. The highest BCUT2D eigenvalue weighted by Crippen LogP contribution is 2.35. The molecule has 0 aliphatic rings. The molecule has 0 radical (unpaired) electrons. The number of rotatable bonds is 4. The molecule has 0 aliphatic heterocycles. The summed E-state index contributed by atoms with van der Waals surface area (Å²) in [5.41, 5.74) is 0.795. The Labute approximate surface area is 169 Å². The number of pyridine rings is 1. The number of thioether (sulfide) groups is 1. The molecule has 0 saturated heterocycles. The Bertz CT molecular complexity index is 1000. The van der Waals surface area contributed by atoms with Crippen LogP contribution >= 0.6 is 11.8 Å². The molecule has 2 rings (SSSR count). The Balaban J connectivity index is 2.03. The third-order valence-electron chi connectivity index (χ3n) is 3.89. The van der Waals surface area contributed by atoms with Gasteiger partial charge in [-0.25, -0.2) is 9.78 Å². The Morgan fingerprint density at radius 1 is 1.17 bits per heavy atom. The number of nitriles is 1. The van der Waals surface area contributed by atoms with E-state index in [0.717, 1.165) is 17.2 Å². The van der Waals surface area contributed by atoms with Crippen molar-refractivity contribution in [1.29, 1.82) is 5.26 Å². The molecule has 152 valence electrons. The van der Waals surface area contributed by atoms with Gasteiger partial charge in [-0.05, 0) is 50.1 Å². The number of benzene rings is 1. The molecule has 0 unspecified atom stereocenters. The van der Waals surface area contributed by atoms with Gasteiger partial charge in [0.2, 0.25) is 5.91 Å². The zero-order valence-corrected chi connectivity index (χ0v) is 16.6. The van der Waals surface area contributed by atoms with Gasteiger partial charge >= 0.3 is 12.2 Å². The van der Waals surface area contributed by atoms with Gasteiger partial charge in [0, 0.05) is 11.4 Å². The van der Waals surface area contributed by atoms with Crippen molar-refractivity contribution in [2.75, 3.05) is 11.1 Å². The largest absolute Gasteiger partial charge is 0.417 e. The Morgan fingerprint density at radius 2 is 1.86 bits per heavy atom. The fourth-order valence-corrected chi connectivity index (χ4v) is 3.21. The number of anilines is 1. The quantitative estimate of drug-likeness (QED) is 0.715. The van der Waals surface area contributed by atoms with Crippen molar-refractivity contribution in [2.45, 2.75) is 32.0 Å². The highest BCUT2D eigenvalue weighted by Gasteiger charge is 2.35. The second-order valence-electron chi connectivity index (χ2n) is 6.19. The molecular weight excluding hydrogens is 405 g/mol. The van der Waals surface area contributed by atoms with E-state index in [-0.39, 0.29) is 16.5 Å². The number of aromatic nitrogens is 1. The molecule has 10 heteroatoms. The summed E-state index contributed by atoms with van der Waals surface area (Å²) in [7, 11) is 0. The van der Waals surface area contributed by atoms with Gasteiger partial charge in [-0.15, -0.1) is 0 Å². The first-order valence-electron chi connectivity index (χ1n) is 8.31. The summed E-state index contributed by atoms with van der Waals surface area (Å²) in [5.74, 6) is -1.12. The standard InChI is InChI=1S/C19H17F3N4O2S/c1-10-4-5-13(6-11(10)2)25-18(28)26-16(27)9-29-17-14(8-23)15(19(20,21)22)7-12(3)24-17/h4-7H,9H2,1-3H3,(H2,25,26,27,28). The summed E-state index contributed by atoms with van der Waals surface area (Å²) in [6.07, 6.45) is -4.72. The summed E-state index contributed by atoms with van der Waals surface area (Å²) >= 11 is 0.651. The first kappa shape index (κ1) is 22.2. The van der Waals surface area contributed by atoms with E-state index in [9.17, 15) is 22.8 Å². The first-order chi connectivity index (χ1) is 13.5. The predicted octanol–water partition coefficient (Wildman–Crippen LogP) is 4.34. The lowest BCUT2D eigenvalue weighted by molar-refractivity contribution is -0.138. The van der Waals surface area contributed by atoms with Crippen LogP contribution < -0.4 is 10.6 Å². The zero-order chi connectivity index (χ0) is 21.8. The number of hydrogen-bond donors (Lipinski definition) is 2. The van der Waals surface area contributed by atoms with Gasteiger partial charge in [-0.2, -0.15) is 18.4 Å². The molecule has 1 aromatic carbocycles. The molecule has 0 spiro atoms. The van der Waals surface area contributed by atoms with Crippen LogP contribution in [0.1, 0.15) is 27.9 Å². The van der Waals surface area contributed by atoms with Gasteiger partial charge in [0.15, 0.2) is 0 Å². The third kappa shape index (κ3) is 5.96. The molecule has 1 heterocycles. The fourth-order valence-electron chi connectivity index (χ4n) is 2.36. The van der Waals surface area contributed by atoms with Crippen LogP contribution in [0.4, 0.5) is 23.7 Å².